The highest BCUT2D eigenvalue weighted by atomic mass is 16.5. The maximum Gasteiger partial charge on any atom is 0.161 e. The van der Waals surface area contributed by atoms with Crippen LogP contribution >= 0.6 is 0 Å². The monoisotopic (exact) mass is 300 g/mol. The number of nitrogens with two attached hydrogens (primary N) is 1. The lowest BCUT2D eigenvalue weighted by Gasteiger charge is -2.15. The van der Waals surface area contributed by atoms with Crippen LogP contribution in [0, 0.1) is 0 Å². The molecular weight excluding hydrogens is 276 g/mol. The fraction of sp³-hybridized carbons (Fsp3) is 0.333. The molecule has 0 aliphatic heterocycles. The van der Waals surface area contributed by atoms with Crippen LogP contribution in [0.15, 0.2) is 48.5 Å². The minimum absolute atomic E-state index is 0.0249. The van der Waals surface area contributed by atoms with Crippen LogP contribution in [0.4, 0.5) is 0 Å². The van der Waals surface area contributed by atoms with Crippen molar-refractivity contribution in [1.29, 1.82) is 0 Å². The molecule has 2 aromatic carbocycles. The molecule has 0 bridgehead atoms. The van der Waals surface area contributed by atoms with Gasteiger partial charge in [0, 0.05) is 12.6 Å². The first-order chi connectivity index (χ1) is 10.7. The topological polar surface area (TPSA) is 56.5 Å². The maximum atomic E-state index is 6.25. The molecule has 1 atom stereocenters. The standard InChI is InChI=1S/C18H24N2O2/c1-21-17-9-8-15(12-18(17)22-2)16(19)10-11-20-13-14-6-4-3-5-7-14/h3-9,12,16,20H,10-11,13,19H2,1-2H3. The molecule has 0 amide bonds. The maximum absolute atomic E-state index is 6.25. The Morgan fingerprint density at radius 3 is 2.41 bits per heavy atom. The molecule has 0 radical (unpaired) electrons. The lowest BCUT2D eigenvalue weighted by atomic mass is 10.0. The van der Waals surface area contributed by atoms with Crippen LogP contribution in [0.2, 0.25) is 0 Å². The second-order valence-electron chi connectivity index (χ2n) is 5.17. The summed E-state index contributed by atoms with van der Waals surface area (Å²) in [5.74, 6) is 1.44. The third-order valence-corrected chi connectivity index (χ3v) is 3.64. The molecule has 0 heterocycles. The van der Waals surface area contributed by atoms with Gasteiger partial charge < -0.3 is 20.5 Å². The molecule has 0 fully saturated rings. The fourth-order valence-corrected chi connectivity index (χ4v) is 2.34. The summed E-state index contributed by atoms with van der Waals surface area (Å²) in [6.45, 7) is 1.73. The predicted molar refractivity (Wildman–Crippen MR) is 89.2 cm³/mol. The molecule has 0 saturated carbocycles. The van der Waals surface area contributed by atoms with Crippen LogP contribution in [-0.4, -0.2) is 20.8 Å². The fourth-order valence-electron chi connectivity index (χ4n) is 2.34. The molecule has 3 N–H and O–H groups in total. The Morgan fingerprint density at radius 1 is 1.00 bits per heavy atom. The second-order valence-corrected chi connectivity index (χ2v) is 5.17. The molecule has 22 heavy (non-hydrogen) atoms. The minimum atomic E-state index is -0.0249. The Morgan fingerprint density at radius 2 is 1.73 bits per heavy atom. The first-order valence-corrected chi connectivity index (χ1v) is 7.46. The molecule has 0 saturated heterocycles. The summed E-state index contributed by atoms with van der Waals surface area (Å²) in [6.07, 6.45) is 0.863. The predicted octanol–water partition coefficient (Wildman–Crippen LogP) is 2.88. The Balaban J connectivity index is 1.83. The van der Waals surface area contributed by atoms with Crippen molar-refractivity contribution < 1.29 is 9.47 Å². The highest BCUT2D eigenvalue weighted by Crippen LogP contribution is 2.29. The normalized spacial score (nSPS) is 12.0. The van der Waals surface area contributed by atoms with Gasteiger partial charge in [0.2, 0.25) is 0 Å². The summed E-state index contributed by atoms with van der Waals surface area (Å²) in [5, 5.41) is 3.42. The van der Waals surface area contributed by atoms with Crippen LogP contribution in [0.3, 0.4) is 0 Å². The van der Waals surface area contributed by atoms with Crippen LogP contribution in [0.25, 0.3) is 0 Å². The Bertz CT molecular complexity index is 573. The van der Waals surface area contributed by atoms with E-state index in [0.717, 1.165) is 30.8 Å². The third-order valence-electron chi connectivity index (χ3n) is 3.64. The van der Waals surface area contributed by atoms with Crippen molar-refractivity contribution >= 4 is 0 Å². The van der Waals surface area contributed by atoms with Gasteiger partial charge in [0.15, 0.2) is 11.5 Å². The molecule has 4 heteroatoms. The summed E-state index contributed by atoms with van der Waals surface area (Å²) < 4.78 is 10.6. The molecule has 4 nitrogen and oxygen atoms in total. The molecule has 2 rings (SSSR count). The van der Waals surface area contributed by atoms with Crippen molar-refractivity contribution in [1.82, 2.24) is 5.32 Å². The lowest BCUT2D eigenvalue weighted by molar-refractivity contribution is 0.354. The third kappa shape index (κ3) is 4.48. The van der Waals surface area contributed by atoms with Gasteiger partial charge in [0.05, 0.1) is 14.2 Å². The summed E-state index contributed by atoms with van der Waals surface area (Å²) >= 11 is 0. The molecule has 0 spiro atoms. The van der Waals surface area contributed by atoms with E-state index < -0.39 is 0 Å². The van der Waals surface area contributed by atoms with Gasteiger partial charge in [0.1, 0.15) is 0 Å². The van der Waals surface area contributed by atoms with Crippen molar-refractivity contribution in [2.75, 3.05) is 20.8 Å². The smallest absolute Gasteiger partial charge is 0.161 e. The SMILES string of the molecule is COc1ccc(C(N)CCNCc2ccccc2)cc1OC. The van der Waals surface area contributed by atoms with E-state index in [4.69, 9.17) is 15.2 Å². The summed E-state index contributed by atoms with van der Waals surface area (Å²) in [5.41, 5.74) is 8.59. The molecule has 0 aliphatic carbocycles. The van der Waals surface area contributed by atoms with Crippen molar-refractivity contribution in [3.8, 4) is 11.5 Å². The number of hydrogen-bond donors (Lipinski definition) is 2. The number of methoxy groups -OCH3 is 2. The Hall–Kier alpha value is -2.04. The average Bonchev–Trinajstić information content (AvgIpc) is 2.58. The quantitative estimate of drug-likeness (QED) is 0.736. The lowest BCUT2D eigenvalue weighted by Crippen LogP contribution is -2.20. The van der Waals surface area contributed by atoms with E-state index >= 15 is 0 Å². The zero-order valence-electron chi connectivity index (χ0n) is 13.2. The second kappa shape index (κ2) is 8.41. The number of nitrogens with one attached hydrogen (secondary N) is 1. The minimum Gasteiger partial charge on any atom is -0.493 e. The van der Waals surface area contributed by atoms with Crippen molar-refractivity contribution in [2.45, 2.75) is 19.0 Å². The van der Waals surface area contributed by atoms with Gasteiger partial charge in [-0.05, 0) is 36.2 Å². The summed E-state index contributed by atoms with van der Waals surface area (Å²) in [4.78, 5) is 0. The molecule has 0 aliphatic rings. The molecule has 118 valence electrons. The van der Waals surface area contributed by atoms with Crippen molar-refractivity contribution in [3.63, 3.8) is 0 Å². The van der Waals surface area contributed by atoms with Crippen LogP contribution < -0.4 is 20.5 Å². The number of ether oxygens (including phenoxy) is 2. The summed E-state index contributed by atoms with van der Waals surface area (Å²) in [6, 6.07) is 16.1. The molecule has 1 unspecified atom stereocenters. The van der Waals surface area contributed by atoms with Gasteiger partial charge in [-0.3, -0.25) is 0 Å². The van der Waals surface area contributed by atoms with Gasteiger partial charge in [-0.1, -0.05) is 36.4 Å². The van der Waals surface area contributed by atoms with Gasteiger partial charge in [-0.2, -0.15) is 0 Å². The van der Waals surface area contributed by atoms with E-state index in [1.807, 2.05) is 36.4 Å². The zero-order valence-corrected chi connectivity index (χ0v) is 13.2. The zero-order chi connectivity index (χ0) is 15.8. The highest BCUT2D eigenvalue weighted by Gasteiger charge is 2.10. The molecule has 0 aromatic heterocycles. The van der Waals surface area contributed by atoms with Gasteiger partial charge in [-0.15, -0.1) is 0 Å². The number of hydrogen-bond acceptors (Lipinski definition) is 4. The van der Waals surface area contributed by atoms with E-state index in [-0.39, 0.29) is 6.04 Å². The van der Waals surface area contributed by atoms with Gasteiger partial charge >= 0.3 is 0 Å². The van der Waals surface area contributed by atoms with Gasteiger partial charge in [0.25, 0.3) is 0 Å². The Kier molecular flexibility index (Phi) is 6.25. The summed E-state index contributed by atoms with van der Waals surface area (Å²) in [7, 11) is 3.26. The number of rotatable bonds is 8. The van der Waals surface area contributed by atoms with E-state index in [0.29, 0.717) is 5.75 Å². The largest absolute Gasteiger partial charge is 0.493 e. The van der Waals surface area contributed by atoms with Crippen molar-refractivity contribution in [3.05, 3.63) is 59.7 Å². The van der Waals surface area contributed by atoms with E-state index in [1.54, 1.807) is 14.2 Å². The van der Waals surface area contributed by atoms with E-state index in [2.05, 4.69) is 17.4 Å². The van der Waals surface area contributed by atoms with Gasteiger partial charge in [-0.25, -0.2) is 0 Å². The van der Waals surface area contributed by atoms with Crippen LogP contribution in [0.5, 0.6) is 11.5 Å². The van der Waals surface area contributed by atoms with Crippen LogP contribution in [0.1, 0.15) is 23.6 Å². The first kappa shape index (κ1) is 16.3. The highest BCUT2D eigenvalue weighted by molar-refractivity contribution is 5.43. The first-order valence-electron chi connectivity index (χ1n) is 7.46. The van der Waals surface area contributed by atoms with Crippen LogP contribution in [-0.2, 0) is 6.54 Å². The molecular formula is C18H24N2O2. The Labute approximate surface area is 132 Å². The molecule has 2 aromatic rings. The number of benzene rings is 2. The van der Waals surface area contributed by atoms with E-state index in [9.17, 15) is 0 Å². The van der Waals surface area contributed by atoms with Crippen molar-refractivity contribution in [2.24, 2.45) is 5.73 Å². The average molecular weight is 300 g/mol. The van der Waals surface area contributed by atoms with E-state index in [1.165, 1.54) is 5.56 Å².